The van der Waals surface area contributed by atoms with E-state index in [-0.39, 0.29) is 23.1 Å². The summed E-state index contributed by atoms with van der Waals surface area (Å²) in [6, 6.07) is 11.1. The highest BCUT2D eigenvalue weighted by Gasteiger charge is 2.22. The third-order valence-electron chi connectivity index (χ3n) is 4.38. The van der Waals surface area contributed by atoms with Crippen molar-refractivity contribution in [3.05, 3.63) is 59.0 Å². The molecule has 0 saturated carbocycles. The number of benzene rings is 1. The van der Waals surface area contributed by atoms with Gasteiger partial charge in [0.25, 0.3) is 5.91 Å². The van der Waals surface area contributed by atoms with Crippen molar-refractivity contribution in [1.82, 2.24) is 10.3 Å². The quantitative estimate of drug-likeness (QED) is 0.918. The lowest BCUT2D eigenvalue weighted by molar-refractivity contribution is 0.0931. The molecule has 1 aliphatic heterocycles. The molecule has 130 valence electrons. The smallest absolute Gasteiger partial charge is 0.251 e. The Bertz CT molecular complexity index is 890. The molecule has 0 bridgehead atoms. The van der Waals surface area contributed by atoms with E-state index >= 15 is 0 Å². The van der Waals surface area contributed by atoms with Crippen molar-refractivity contribution >= 4 is 11.7 Å². The summed E-state index contributed by atoms with van der Waals surface area (Å²) in [7, 11) is 0. The van der Waals surface area contributed by atoms with E-state index in [0.717, 1.165) is 37.8 Å². The number of pyridine rings is 1. The van der Waals surface area contributed by atoms with E-state index in [1.54, 1.807) is 18.3 Å². The summed E-state index contributed by atoms with van der Waals surface area (Å²) in [5.41, 5.74) is 0.658. The Labute approximate surface area is 150 Å². The van der Waals surface area contributed by atoms with Crippen LogP contribution in [-0.4, -0.2) is 30.0 Å². The summed E-state index contributed by atoms with van der Waals surface area (Å²) < 4.78 is 13.4. The first-order chi connectivity index (χ1) is 12.6. The van der Waals surface area contributed by atoms with E-state index in [0.29, 0.717) is 5.56 Å². The molecule has 26 heavy (non-hydrogen) atoms. The normalized spacial score (nSPS) is 14.3. The average molecular weight is 349 g/mol. The lowest BCUT2D eigenvalue weighted by atomic mass is 10.0. The zero-order chi connectivity index (χ0) is 18.5. The van der Waals surface area contributed by atoms with Gasteiger partial charge in [-0.3, -0.25) is 4.79 Å². The molecule has 0 radical (unpaired) electrons. The number of piperidine rings is 1. The van der Waals surface area contributed by atoms with Gasteiger partial charge in [-0.2, -0.15) is 10.5 Å². The summed E-state index contributed by atoms with van der Waals surface area (Å²) >= 11 is 0. The molecule has 1 aromatic heterocycles. The standard InChI is InChI=1S/C19H16FN5O/c20-17-3-2-14(9-15(17)11-22)19(26)24-16-5-7-25(8-6-16)18-4-1-13(10-21)12-23-18/h1-4,9,12,16H,5-8H2,(H,24,26). The number of hydrogen-bond acceptors (Lipinski definition) is 5. The minimum atomic E-state index is -0.632. The molecule has 1 amide bonds. The summed E-state index contributed by atoms with van der Waals surface area (Å²) in [5.74, 6) is -0.130. The summed E-state index contributed by atoms with van der Waals surface area (Å²) in [5, 5.41) is 20.6. The number of rotatable bonds is 3. The minimum Gasteiger partial charge on any atom is -0.356 e. The van der Waals surface area contributed by atoms with Crippen molar-refractivity contribution in [1.29, 1.82) is 10.5 Å². The Morgan fingerprint density at radius 3 is 2.58 bits per heavy atom. The molecule has 6 nitrogen and oxygen atoms in total. The second kappa shape index (κ2) is 7.62. The summed E-state index contributed by atoms with van der Waals surface area (Å²) in [6.45, 7) is 1.47. The second-order valence-electron chi connectivity index (χ2n) is 6.06. The van der Waals surface area contributed by atoms with Crippen LogP contribution in [0.5, 0.6) is 0 Å². The van der Waals surface area contributed by atoms with Crippen molar-refractivity contribution in [2.75, 3.05) is 18.0 Å². The van der Waals surface area contributed by atoms with Crippen LogP contribution >= 0.6 is 0 Å². The Morgan fingerprint density at radius 1 is 1.19 bits per heavy atom. The van der Waals surface area contributed by atoms with Gasteiger partial charge in [0.1, 0.15) is 23.8 Å². The topological polar surface area (TPSA) is 92.8 Å². The molecule has 1 saturated heterocycles. The number of nitrogens with one attached hydrogen (secondary N) is 1. The zero-order valence-electron chi connectivity index (χ0n) is 13.9. The molecule has 0 aliphatic carbocycles. The van der Waals surface area contributed by atoms with Crippen LogP contribution in [0.15, 0.2) is 36.5 Å². The maximum absolute atomic E-state index is 13.4. The molecule has 3 rings (SSSR count). The lowest BCUT2D eigenvalue weighted by Gasteiger charge is -2.33. The van der Waals surface area contributed by atoms with E-state index in [4.69, 9.17) is 10.5 Å². The van der Waals surface area contributed by atoms with Gasteiger partial charge in [0.05, 0.1) is 11.1 Å². The molecule has 2 heterocycles. The van der Waals surface area contributed by atoms with Crippen LogP contribution < -0.4 is 10.2 Å². The van der Waals surface area contributed by atoms with Crippen LogP contribution in [0.1, 0.15) is 34.3 Å². The van der Waals surface area contributed by atoms with E-state index in [1.807, 2.05) is 12.1 Å². The van der Waals surface area contributed by atoms with Gasteiger partial charge in [-0.15, -0.1) is 0 Å². The molecule has 2 aromatic rings. The number of carbonyl (C=O) groups is 1. The number of nitriles is 2. The molecule has 0 atom stereocenters. The first-order valence-corrected chi connectivity index (χ1v) is 8.22. The average Bonchev–Trinajstić information content (AvgIpc) is 2.69. The molecule has 0 spiro atoms. The van der Waals surface area contributed by atoms with E-state index in [1.165, 1.54) is 12.1 Å². The first kappa shape index (κ1) is 17.4. The zero-order valence-corrected chi connectivity index (χ0v) is 13.9. The largest absolute Gasteiger partial charge is 0.356 e. The Balaban J connectivity index is 1.57. The molecular weight excluding hydrogens is 333 g/mol. The number of anilines is 1. The van der Waals surface area contributed by atoms with Crippen molar-refractivity contribution in [2.45, 2.75) is 18.9 Å². The highest BCUT2D eigenvalue weighted by molar-refractivity contribution is 5.94. The van der Waals surface area contributed by atoms with Gasteiger partial charge in [0.2, 0.25) is 0 Å². The molecule has 1 fully saturated rings. The third kappa shape index (κ3) is 3.79. The maximum atomic E-state index is 13.4. The molecule has 1 N–H and O–H groups in total. The van der Waals surface area contributed by atoms with Crippen LogP contribution in [0, 0.1) is 28.5 Å². The number of carbonyl (C=O) groups excluding carboxylic acids is 1. The lowest BCUT2D eigenvalue weighted by Crippen LogP contribution is -2.45. The molecule has 0 unspecified atom stereocenters. The predicted molar refractivity (Wildman–Crippen MR) is 92.8 cm³/mol. The Hall–Kier alpha value is -3.45. The number of hydrogen-bond donors (Lipinski definition) is 1. The van der Waals surface area contributed by atoms with Crippen LogP contribution in [0.25, 0.3) is 0 Å². The fraction of sp³-hybridized carbons (Fsp3) is 0.263. The van der Waals surface area contributed by atoms with Crippen LogP contribution in [-0.2, 0) is 0 Å². The Kier molecular flexibility index (Phi) is 5.09. The van der Waals surface area contributed by atoms with Crippen LogP contribution in [0.2, 0.25) is 0 Å². The number of aromatic nitrogens is 1. The number of nitrogens with zero attached hydrogens (tertiary/aromatic N) is 4. The highest BCUT2D eigenvalue weighted by Crippen LogP contribution is 2.18. The molecule has 7 heteroatoms. The SMILES string of the molecule is N#Cc1ccc(N2CCC(NC(=O)c3ccc(F)c(C#N)c3)CC2)nc1. The fourth-order valence-electron chi connectivity index (χ4n) is 2.91. The molecule has 1 aliphatic rings. The van der Waals surface area contributed by atoms with Gasteiger partial charge in [0.15, 0.2) is 0 Å². The number of halogens is 1. The van der Waals surface area contributed by atoms with Gasteiger partial charge in [-0.1, -0.05) is 0 Å². The van der Waals surface area contributed by atoms with E-state index in [2.05, 4.69) is 15.2 Å². The fourth-order valence-corrected chi connectivity index (χ4v) is 2.91. The number of amides is 1. The van der Waals surface area contributed by atoms with Crippen LogP contribution in [0.3, 0.4) is 0 Å². The van der Waals surface area contributed by atoms with E-state index < -0.39 is 5.82 Å². The Morgan fingerprint density at radius 2 is 1.96 bits per heavy atom. The van der Waals surface area contributed by atoms with Gasteiger partial charge in [0, 0.05) is 30.9 Å². The van der Waals surface area contributed by atoms with Gasteiger partial charge < -0.3 is 10.2 Å². The van der Waals surface area contributed by atoms with Gasteiger partial charge >= 0.3 is 0 Å². The van der Waals surface area contributed by atoms with Crippen molar-refractivity contribution in [2.24, 2.45) is 0 Å². The van der Waals surface area contributed by atoms with Crippen molar-refractivity contribution < 1.29 is 9.18 Å². The maximum Gasteiger partial charge on any atom is 0.251 e. The van der Waals surface area contributed by atoms with Gasteiger partial charge in [-0.05, 0) is 43.2 Å². The summed E-state index contributed by atoms with van der Waals surface area (Å²) in [6.07, 6.45) is 3.05. The first-order valence-electron chi connectivity index (χ1n) is 8.22. The van der Waals surface area contributed by atoms with Crippen molar-refractivity contribution in [3.63, 3.8) is 0 Å². The minimum absolute atomic E-state index is 0.00715. The van der Waals surface area contributed by atoms with Crippen molar-refractivity contribution in [3.8, 4) is 12.1 Å². The van der Waals surface area contributed by atoms with Gasteiger partial charge in [-0.25, -0.2) is 9.37 Å². The molecule has 1 aromatic carbocycles. The third-order valence-corrected chi connectivity index (χ3v) is 4.38. The highest BCUT2D eigenvalue weighted by atomic mass is 19.1. The summed E-state index contributed by atoms with van der Waals surface area (Å²) in [4.78, 5) is 18.7. The van der Waals surface area contributed by atoms with E-state index in [9.17, 15) is 9.18 Å². The monoisotopic (exact) mass is 349 g/mol. The predicted octanol–water partition coefficient (Wildman–Crippen LogP) is 2.36. The second-order valence-corrected chi connectivity index (χ2v) is 6.06. The molecular formula is C19H16FN5O. The van der Waals surface area contributed by atoms with Crippen LogP contribution in [0.4, 0.5) is 10.2 Å².